The zero-order valence-electron chi connectivity index (χ0n) is 8.35. The van der Waals surface area contributed by atoms with Gasteiger partial charge in [0.15, 0.2) is 12.0 Å². The quantitative estimate of drug-likeness (QED) is 0.765. The lowest BCUT2D eigenvalue weighted by molar-refractivity contribution is 0.109. The first kappa shape index (κ1) is 10.8. The zero-order valence-corrected chi connectivity index (χ0v) is 9.11. The van der Waals surface area contributed by atoms with Crippen molar-refractivity contribution in [1.82, 2.24) is 0 Å². The van der Waals surface area contributed by atoms with Gasteiger partial charge in [0.25, 0.3) is 5.95 Å². The van der Waals surface area contributed by atoms with E-state index in [9.17, 15) is 4.79 Å². The van der Waals surface area contributed by atoms with Gasteiger partial charge in [-0.3, -0.25) is 4.79 Å². The Balaban J connectivity index is 2.02. The highest BCUT2D eigenvalue weighted by atomic mass is 35.5. The molecule has 0 fully saturated rings. The summed E-state index contributed by atoms with van der Waals surface area (Å²) in [4.78, 5) is 10.4. The Bertz CT molecular complexity index is 491. The molecular weight excluding hydrogens is 228 g/mol. The Kier molecular flexibility index (Phi) is 3.27. The molecule has 1 aromatic heterocycles. The molecule has 0 aliphatic carbocycles. The van der Waals surface area contributed by atoms with Crippen molar-refractivity contribution in [3.05, 3.63) is 52.7 Å². The Hall–Kier alpha value is -1.74. The average molecular weight is 237 g/mol. The van der Waals surface area contributed by atoms with Crippen LogP contribution in [-0.2, 0) is 6.61 Å². The molecule has 2 aromatic rings. The fraction of sp³-hybridized carbons (Fsp3) is 0.0833. The maximum absolute atomic E-state index is 10.4. The van der Waals surface area contributed by atoms with E-state index in [2.05, 4.69) is 0 Å². The highest BCUT2D eigenvalue weighted by Gasteiger charge is 2.04. The van der Waals surface area contributed by atoms with Gasteiger partial charge in [0.2, 0.25) is 0 Å². The number of hydrogen-bond acceptors (Lipinski definition) is 3. The van der Waals surface area contributed by atoms with Gasteiger partial charge in [-0.1, -0.05) is 29.8 Å². The van der Waals surface area contributed by atoms with Gasteiger partial charge in [-0.05, 0) is 12.1 Å². The van der Waals surface area contributed by atoms with Crippen molar-refractivity contribution in [2.75, 3.05) is 0 Å². The van der Waals surface area contributed by atoms with Crippen LogP contribution in [0.5, 0.6) is 5.95 Å². The highest BCUT2D eigenvalue weighted by molar-refractivity contribution is 6.31. The third-order valence-corrected chi connectivity index (χ3v) is 2.41. The van der Waals surface area contributed by atoms with Gasteiger partial charge < -0.3 is 9.15 Å². The van der Waals surface area contributed by atoms with E-state index >= 15 is 0 Å². The van der Waals surface area contributed by atoms with Crippen LogP contribution in [0.1, 0.15) is 16.1 Å². The number of carbonyl (C=O) groups excluding carboxylic acids is 1. The second kappa shape index (κ2) is 4.86. The maximum Gasteiger partial charge on any atom is 0.285 e. The number of aldehydes is 1. The molecule has 0 radical (unpaired) electrons. The minimum absolute atomic E-state index is 0.245. The Morgan fingerprint density at radius 2 is 2.06 bits per heavy atom. The van der Waals surface area contributed by atoms with Crippen LogP contribution in [0.25, 0.3) is 0 Å². The number of halogens is 1. The van der Waals surface area contributed by atoms with Gasteiger partial charge in [0, 0.05) is 16.7 Å². The summed E-state index contributed by atoms with van der Waals surface area (Å²) in [6.45, 7) is 0.311. The summed E-state index contributed by atoms with van der Waals surface area (Å²) >= 11 is 5.96. The topological polar surface area (TPSA) is 39.4 Å². The molecule has 82 valence electrons. The van der Waals surface area contributed by atoms with Crippen LogP contribution in [0.4, 0.5) is 0 Å². The molecule has 4 heteroatoms. The van der Waals surface area contributed by atoms with Crippen molar-refractivity contribution in [2.24, 2.45) is 0 Å². The van der Waals surface area contributed by atoms with Crippen molar-refractivity contribution in [3.8, 4) is 5.95 Å². The van der Waals surface area contributed by atoms with Crippen molar-refractivity contribution < 1.29 is 13.9 Å². The molecule has 0 bridgehead atoms. The zero-order chi connectivity index (χ0) is 11.4. The number of furan rings is 1. The maximum atomic E-state index is 10.4. The number of ether oxygens (including phenoxy) is 1. The summed E-state index contributed by atoms with van der Waals surface area (Å²) < 4.78 is 10.4. The predicted molar refractivity (Wildman–Crippen MR) is 59.9 cm³/mol. The summed E-state index contributed by atoms with van der Waals surface area (Å²) in [6, 6.07) is 10.5. The second-order valence-electron chi connectivity index (χ2n) is 3.15. The Morgan fingerprint density at radius 1 is 1.25 bits per heavy atom. The Morgan fingerprint density at radius 3 is 2.75 bits per heavy atom. The number of hydrogen-bond donors (Lipinski definition) is 0. The minimum atomic E-state index is 0.245. The van der Waals surface area contributed by atoms with E-state index in [1.165, 1.54) is 0 Å². The molecule has 0 saturated heterocycles. The normalized spacial score (nSPS) is 10.1. The second-order valence-corrected chi connectivity index (χ2v) is 3.56. The van der Waals surface area contributed by atoms with Crippen LogP contribution in [0.3, 0.4) is 0 Å². The molecule has 2 rings (SSSR count). The van der Waals surface area contributed by atoms with Gasteiger partial charge in [-0.2, -0.15) is 0 Å². The first-order valence-electron chi connectivity index (χ1n) is 4.71. The predicted octanol–water partition coefficient (Wildman–Crippen LogP) is 3.32. The molecule has 0 unspecified atom stereocenters. The van der Waals surface area contributed by atoms with Gasteiger partial charge in [-0.25, -0.2) is 0 Å². The third-order valence-electron chi connectivity index (χ3n) is 2.05. The molecule has 1 aromatic carbocycles. The molecule has 0 N–H and O–H groups in total. The molecule has 0 saturated carbocycles. The van der Waals surface area contributed by atoms with E-state index in [1.54, 1.807) is 18.2 Å². The Labute approximate surface area is 97.6 Å². The van der Waals surface area contributed by atoms with Gasteiger partial charge >= 0.3 is 0 Å². The molecule has 0 spiro atoms. The monoisotopic (exact) mass is 236 g/mol. The molecule has 0 atom stereocenters. The van der Waals surface area contributed by atoms with Gasteiger partial charge in [-0.15, -0.1) is 0 Å². The number of rotatable bonds is 4. The van der Waals surface area contributed by atoms with E-state index < -0.39 is 0 Å². The lowest BCUT2D eigenvalue weighted by Gasteiger charge is -2.04. The summed E-state index contributed by atoms with van der Waals surface area (Å²) in [5, 5.41) is 0.643. The molecule has 3 nitrogen and oxygen atoms in total. The molecule has 0 aliphatic heterocycles. The van der Waals surface area contributed by atoms with E-state index in [0.29, 0.717) is 23.9 Å². The van der Waals surface area contributed by atoms with Crippen LogP contribution < -0.4 is 4.74 Å². The molecule has 0 aliphatic rings. The molecule has 1 heterocycles. The largest absolute Gasteiger partial charge is 0.460 e. The van der Waals surface area contributed by atoms with E-state index in [-0.39, 0.29) is 5.76 Å². The highest BCUT2D eigenvalue weighted by Crippen LogP contribution is 2.19. The average Bonchev–Trinajstić information content (AvgIpc) is 2.76. The van der Waals surface area contributed by atoms with Crippen molar-refractivity contribution in [2.45, 2.75) is 6.61 Å². The van der Waals surface area contributed by atoms with E-state index in [4.69, 9.17) is 20.8 Å². The first-order chi connectivity index (χ1) is 7.79. The van der Waals surface area contributed by atoms with Crippen LogP contribution >= 0.6 is 11.6 Å². The van der Waals surface area contributed by atoms with Gasteiger partial charge in [0.05, 0.1) is 0 Å². The summed E-state index contributed by atoms with van der Waals surface area (Å²) in [6.07, 6.45) is 0.627. The van der Waals surface area contributed by atoms with Crippen LogP contribution in [0.15, 0.2) is 40.8 Å². The lowest BCUT2D eigenvalue weighted by atomic mass is 10.2. The van der Waals surface area contributed by atoms with Crippen LogP contribution in [-0.4, -0.2) is 6.29 Å². The minimum Gasteiger partial charge on any atom is -0.460 e. The van der Waals surface area contributed by atoms with E-state index in [1.807, 2.05) is 18.2 Å². The smallest absolute Gasteiger partial charge is 0.285 e. The SMILES string of the molecule is O=Cc1ccc(OCc2ccccc2Cl)o1. The standard InChI is InChI=1S/C12H9ClO3/c13-11-4-2-1-3-9(11)8-15-12-6-5-10(7-14)16-12/h1-7H,8H2. The van der Waals surface area contributed by atoms with Crippen molar-refractivity contribution in [3.63, 3.8) is 0 Å². The van der Waals surface area contributed by atoms with Crippen molar-refractivity contribution in [1.29, 1.82) is 0 Å². The fourth-order valence-electron chi connectivity index (χ4n) is 1.24. The van der Waals surface area contributed by atoms with E-state index in [0.717, 1.165) is 5.56 Å². The third kappa shape index (κ3) is 2.44. The number of benzene rings is 1. The summed E-state index contributed by atoms with van der Waals surface area (Å²) in [7, 11) is 0. The van der Waals surface area contributed by atoms with Crippen LogP contribution in [0.2, 0.25) is 5.02 Å². The fourth-order valence-corrected chi connectivity index (χ4v) is 1.43. The summed E-state index contributed by atoms with van der Waals surface area (Å²) in [5.74, 6) is 0.552. The first-order valence-corrected chi connectivity index (χ1v) is 5.08. The lowest BCUT2D eigenvalue weighted by Crippen LogP contribution is -1.94. The van der Waals surface area contributed by atoms with Crippen LogP contribution in [0, 0.1) is 0 Å². The molecule has 16 heavy (non-hydrogen) atoms. The molecule has 0 amide bonds. The number of carbonyl (C=O) groups is 1. The van der Waals surface area contributed by atoms with Gasteiger partial charge in [0.1, 0.15) is 6.61 Å². The van der Waals surface area contributed by atoms with Crippen molar-refractivity contribution >= 4 is 17.9 Å². The molecular formula is C12H9ClO3. The summed E-state index contributed by atoms with van der Waals surface area (Å²) in [5.41, 5.74) is 0.869.